The fourth-order valence-corrected chi connectivity index (χ4v) is 9.26. The van der Waals surface area contributed by atoms with Crippen molar-refractivity contribution in [3.63, 3.8) is 0 Å². The van der Waals surface area contributed by atoms with Gasteiger partial charge >= 0.3 is 0 Å². The highest BCUT2D eigenvalue weighted by Crippen LogP contribution is 2.45. The predicted molar refractivity (Wildman–Crippen MR) is 233 cm³/mol. The summed E-state index contributed by atoms with van der Waals surface area (Å²) in [6.07, 6.45) is -0.136. The van der Waals surface area contributed by atoms with E-state index in [4.69, 9.17) is 4.42 Å². The highest BCUT2D eigenvalue weighted by molar-refractivity contribution is 6.29. The van der Waals surface area contributed by atoms with Crippen LogP contribution in [0.4, 0.5) is 0 Å². The average molecular weight is 736 g/mol. The minimum Gasteiger partial charge on any atom is -0.454 e. The van der Waals surface area contributed by atoms with E-state index in [1.807, 2.05) is 6.07 Å². The molecule has 1 aliphatic rings. The van der Waals surface area contributed by atoms with Crippen molar-refractivity contribution >= 4 is 65.6 Å². The fourth-order valence-electron chi connectivity index (χ4n) is 9.26. The van der Waals surface area contributed by atoms with Crippen LogP contribution in [0.1, 0.15) is 35.2 Å². The maximum Gasteiger partial charge on any atom is 0.160 e. The number of nitrogens with one attached hydrogen (secondary N) is 3. The van der Waals surface area contributed by atoms with Gasteiger partial charge in [0.15, 0.2) is 5.58 Å². The molecular weight excluding hydrogens is 699 g/mol. The topological polar surface area (TPSA) is 59.1 Å². The van der Waals surface area contributed by atoms with Gasteiger partial charge in [0.2, 0.25) is 0 Å². The number of aromatic nitrogens is 2. The zero-order valence-electron chi connectivity index (χ0n) is 30.9. The van der Waals surface area contributed by atoms with Gasteiger partial charge in [-0.1, -0.05) is 140 Å². The molecule has 0 saturated carbocycles. The molecule has 3 N–H and O–H groups in total. The Hall–Kier alpha value is -6.96. The van der Waals surface area contributed by atoms with Gasteiger partial charge in [0, 0.05) is 43.7 Å². The van der Waals surface area contributed by atoms with Crippen LogP contribution in [0.25, 0.3) is 76.9 Å². The first-order chi connectivity index (χ1) is 28.3. The smallest absolute Gasteiger partial charge is 0.160 e. The second-order valence-corrected chi connectivity index (χ2v) is 15.0. The van der Waals surface area contributed by atoms with Crippen molar-refractivity contribution in [2.24, 2.45) is 0 Å². The van der Waals surface area contributed by atoms with Crippen LogP contribution in [0.3, 0.4) is 0 Å². The average Bonchev–Trinajstić information content (AvgIpc) is 3.95. The van der Waals surface area contributed by atoms with Crippen molar-refractivity contribution in [1.82, 2.24) is 25.1 Å². The second kappa shape index (κ2) is 12.8. The summed E-state index contributed by atoms with van der Waals surface area (Å²) >= 11 is 0. The number of hydrogen-bond donors (Lipinski definition) is 3. The Labute approximate surface area is 328 Å². The molecule has 0 aliphatic carbocycles. The summed E-state index contributed by atoms with van der Waals surface area (Å²) in [5.41, 5.74) is 12.2. The highest BCUT2D eigenvalue weighted by Gasteiger charge is 2.30. The van der Waals surface area contributed by atoms with Gasteiger partial charge in [-0.2, -0.15) is 0 Å². The van der Waals surface area contributed by atoms with Gasteiger partial charge in [-0.15, -0.1) is 0 Å². The molecule has 0 spiro atoms. The number of rotatable bonds is 5. The van der Waals surface area contributed by atoms with E-state index >= 15 is 0 Å². The van der Waals surface area contributed by atoms with Gasteiger partial charge in [-0.25, -0.2) is 0 Å². The van der Waals surface area contributed by atoms with Crippen LogP contribution in [0.5, 0.6) is 0 Å². The summed E-state index contributed by atoms with van der Waals surface area (Å²) in [5, 5.41) is 18.5. The zero-order valence-corrected chi connectivity index (χ0v) is 30.9. The molecule has 6 nitrogen and oxygen atoms in total. The third-order valence-corrected chi connectivity index (χ3v) is 11.8. The van der Waals surface area contributed by atoms with Crippen LogP contribution in [0.15, 0.2) is 192 Å². The number of furan rings is 1. The van der Waals surface area contributed by atoms with Crippen molar-refractivity contribution < 1.29 is 4.42 Å². The lowest BCUT2D eigenvalue weighted by Gasteiger charge is -2.39. The summed E-state index contributed by atoms with van der Waals surface area (Å²) in [4.78, 5) is 0. The van der Waals surface area contributed by atoms with E-state index in [1.54, 1.807) is 0 Å². The van der Waals surface area contributed by atoms with Gasteiger partial charge < -0.3 is 13.6 Å². The van der Waals surface area contributed by atoms with Crippen LogP contribution >= 0.6 is 0 Å². The molecular formula is C51H37N5O. The van der Waals surface area contributed by atoms with Gasteiger partial charge in [0.1, 0.15) is 5.58 Å². The van der Waals surface area contributed by atoms with Crippen LogP contribution in [-0.4, -0.2) is 9.13 Å². The van der Waals surface area contributed by atoms with Crippen LogP contribution in [0, 0.1) is 0 Å². The number of benzene rings is 8. The third-order valence-electron chi connectivity index (χ3n) is 11.8. The molecule has 11 aromatic rings. The maximum atomic E-state index is 6.72. The SMILES string of the molecule is c1ccc(C2NC(c3ccccc3)NC(c3ccc(-n4c5ccccc5c5c4ccc4c6ccc7c8ccccc8oc7c6n(-c6ccccc6)c45)cc3)N2)cc1. The molecule has 3 aromatic heterocycles. The maximum absolute atomic E-state index is 6.72. The first-order valence-electron chi connectivity index (χ1n) is 19.6. The Bertz CT molecular complexity index is 3230. The molecule has 4 heterocycles. The van der Waals surface area contributed by atoms with Crippen molar-refractivity contribution in [2.75, 3.05) is 0 Å². The lowest BCUT2D eigenvalue weighted by Crippen LogP contribution is -2.54. The lowest BCUT2D eigenvalue weighted by molar-refractivity contribution is 0.203. The van der Waals surface area contributed by atoms with E-state index in [9.17, 15) is 0 Å². The highest BCUT2D eigenvalue weighted by atomic mass is 16.3. The Morgan fingerprint density at radius 1 is 0.351 bits per heavy atom. The first-order valence-corrected chi connectivity index (χ1v) is 19.6. The lowest BCUT2D eigenvalue weighted by atomic mass is 10.0. The number of para-hydroxylation sites is 3. The standard InChI is InChI=1S/C51H37N5O/c1-4-14-32(15-5-1)49-52-50(33-16-6-2-7-17-33)54-51(53-49)34-24-26-36(27-25-34)55-42-22-12-10-21-41(42)45-43(55)31-30-38-39-28-29-40-37-20-11-13-23-44(37)57-48(40)47(39)56(46(38)45)35-18-8-3-9-19-35/h1-31,49-54H. The summed E-state index contributed by atoms with van der Waals surface area (Å²) < 4.78 is 11.6. The van der Waals surface area contributed by atoms with Gasteiger partial charge in [-0.05, 0) is 65.2 Å². The molecule has 0 bridgehead atoms. The van der Waals surface area contributed by atoms with Gasteiger partial charge in [-0.3, -0.25) is 16.0 Å². The van der Waals surface area contributed by atoms with Gasteiger partial charge in [0.25, 0.3) is 0 Å². The molecule has 57 heavy (non-hydrogen) atoms. The summed E-state index contributed by atoms with van der Waals surface area (Å²) in [6.45, 7) is 0. The molecule has 0 radical (unpaired) electrons. The predicted octanol–water partition coefficient (Wildman–Crippen LogP) is 12.0. The summed E-state index contributed by atoms with van der Waals surface area (Å²) in [6, 6.07) is 67.2. The zero-order chi connectivity index (χ0) is 37.5. The monoisotopic (exact) mass is 735 g/mol. The minimum atomic E-state index is -0.0786. The van der Waals surface area contributed by atoms with Crippen molar-refractivity contribution in [3.8, 4) is 11.4 Å². The largest absolute Gasteiger partial charge is 0.454 e. The second-order valence-electron chi connectivity index (χ2n) is 15.0. The molecule has 2 atom stereocenters. The third kappa shape index (κ3) is 5.02. The molecule has 2 unspecified atom stereocenters. The summed E-state index contributed by atoms with van der Waals surface area (Å²) in [5.74, 6) is 0. The molecule has 0 amide bonds. The molecule has 6 heteroatoms. The van der Waals surface area contributed by atoms with Crippen molar-refractivity contribution in [3.05, 3.63) is 205 Å². The van der Waals surface area contributed by atoms with E-state index < -0.39 is 0 Å². The van der Waals surface area contributed by atoms with Gasteiger partial charge in [0.05, 0.1) is 40.6 Å². The van der Waals surface area contributed by atoms with E-state index in [-0.39, 0.29) is 18.5 Å². The minimum absolute atomic E-state index is 0.0285. The molecule has 1 saturated heterocycles. The van der Waals surface area contributed by atoms with E-state index in [0.717, 1.165) is 49.9 Å². The van der Waals surface area contributed by atoms with Crippen LogP contribution < -0.4 is 16.0 Å². The Morgan fingerprint density at radius 3 is 1.54 bits per heavy atom. The fraction of sp³-hybridized carbons (Fsp3) is 0.0588. The van der Waals surface area contributed by atoms with E-state index in [0.29, 0.717) is 0 Å². The van der Waals surface area contributed by atoms with Crippen molar-refractivity contribution in [2.45, 2.75) is 18.5 Å². The molecule has 1 fully saturated rings. The Balaban J connectivity index is 1.04. The summed E-state index contributed by atoms with van der Waals surface area (Å²) in [7, 11) is 0. The van der Waals surface area contributed by atoms with Crippen LogP contribution in [0.2, 0.25) is 0 Å². The quantitative estimate of drug-likeness (QED) is 0.165. The molecule has 8 aromatic carbocycles. The normalized spacial score (nSPS) is 17.4. The van der Waals surface area contributed by atoms with Crippen molar-refractivity contribution in [1.29, 1.82) is 0 Å². The Morgan fingerprint density at radius 2 is 0.860 bits per heavy atom. The molecule has 12 rings (SSSR count). The molecule has 272 valence electrons. The number of fused-ring (bicyclic) bond motifs is 11. The Kier molecular flexibility index (Phi) is 7.25. The van der Waals surface area contributed by atoms with E-state index in [2.05, 4.69) is 207 Å². The van der Waals surface area contributed by atoms with E-state index in [1.165, 1.54) is 43.8 Å². The molecule has 1 aliphatic heterocycles. The number of nitrogens with zero attached hydrogens (tertiary/aromatic N) is 2. The first kappa shape index (κ1) is 32.3. The number of hydrogen-bond acceptors (Lipinski definition) is 4. The van der Waals surface area contributed by atoms with Crippen LogP contribution in [-0.2, 0) is 0 Å².